The molecule has 0 radical (unpaired) electrons. The standard InChI is InChI=1S/C22H33F3N4O/c1-17(2)26-21(30)8-10-27-9-4-7-20(16-27)29-13-11-28(12-14-29)19-6-3-5-18(15-19)22(23,24)25/h3,5-6,15,17,20H,4,7-14,16H2,1-2H3,(H,26,30)/t20-/m1/s1. The van der Waals surface area contributed by atoms with Gasteiger partial charge in [0.1, 0.15) is 0 Å². The number of carbonyl (C=O) groups is 1. The van der Waals surface area contributed by atoms with Gasteiger partial charge in [-0.2, -0.15) is 13.2 Å². The van der Waals surface area contributed by atoms with Gasteiger partial charge in [0.25, 0.3) is 0 Å². The highest BCUT2D eigenvalue weighted by atomic mass is 19.4. The Kier molecular flexibility index (Phi) is 7.63. The van der Waals surface area contributed by atoms with Crippen LogP contribution in [0.4, 0.5) is 18.9 Å². The minimum absolute atomic E-state index is 0.0989. The Morgan fingerprint density at radius 1 is 1.17 bits per heavy atom. The number of benzene rings is 1. The van der Waals surface area contributed by atoms with E-state index >= 15 is 0 Å². The number of rotatable bonds is 6. The number of nitrogens with zero attached hydrogens (tertiary/aromatic N) is 3. The number of piperidine rings is 1. The van der Waals surface area contributed by atoms with E-state index < -0.39 is 11.7 Å². The van der Waals surface area contributed by atoms with Crippen molar-refractivity contribution in [3.05, 3.63) is 29.8 Å². The van der Waals surface area contributed by atoms with Crippen molar-refractivity contribution < 1.29 is 18.0 Å². The fraction of sp³-hybridized carbons (Fsp3) is 0.682. The van der Waals surface area contributed by atoms with Crippen LogP contribution in [0.1, 0.15) is 38.7 Å². The first-order chi connectivity index (χ1) is 14.2. The summed E-state index contributed by atoms with van der Waals surface area (Å²) in [7, 11) is 0. The van der Waals surface area contributed by atoms with Crippen molar-refractivity contribution in [3.63, 3.8) is 0 Å². The first-order valence-electron chi connectivity index (χ1n) is 10.9. The van der Waals surface area contributed by atoms with Crippen LogP contribution in [-0.2, 0) is 11.0 Å². The average Bonchev–Trinajstić information content (AvgIpc) is 2.72. The van der Waals surface area contributed by atoms with Gasteiger partial charge in [0.2, 0.25) is 5.91 Å². The summed E-state index contributed by atoms with van der Waals surface area (Å²) in [6, 6.07) is 6.24. The van der Waals surface area contributed by atoms with E-state index in [1.807, 2.05) is 18.7 Å². The molecule has 2 saturated heterocycles. The Labute approximate surface area is 177 Å². The molecule has 30 heavy (non-hydrogen) atoms. The van der Waals surface area contributed by atoms with Crippen LogP contribution < -0.4 is 10.2 Å². The number of piperazine rings is 1. The van der Waals surface area contributed by atoms with Crippen LogP contribution in [0.25, 0.3) is 0 Å². The lowest BCUT2D eigenvalue weighted by Gasteiger charge is -2.44. The van der Waals surface area contributed by atoms with Crippen LogP contribution in [0.3, 0.4) is 0 Å². The predicted molar refractivity (Wildman–Crippen MR) is 113 cm³/mol. The number of alkyl halides is 3. The summed E-state index contributed by atoms with van der Waals surface area (Å²) >= 11 is 0. The number of carbonyl (C=O) groups excluding carboxylic acids is 1. The van der Waals surface area contributed by atoms with Crippen molar-refractivity contribution in [2.24, 2.45) is 0 Å². The fourth-order valence-electron chi connectivity index (χ4n) is 4.41. The maximum Gasteiger partial charge on any atom is 0.416 e. The molecular formula is C22H33F3N4O. The third-order valence-corrected chi connectivity index (χ3v) is 5.95. The van der Waals surface area contributed by atoms with E-state index in [4.69, 9.17) is 0 Å². The molecule has 1 N–H and O–H groups in total. The maximum absolute atomic E-state index is 13.0. The number of hydrogen-bond acceptors (Lipinski definition) is 4. The Morgan fingerprint density at radius 3 is 2.57 bits per heavy atom. The summed E-state index contributed by atoms with van der Waals surface area (Å²) in [5, 5.41) is 2.94. The van der Waals surface area contributed by atoms with Crippen molar-refractivity contribution >= 4 is 11.6 Å². The van der Waals surface area contributed by atoms with Gasteiger partial charge in [0.05, 0.1) is 5.56 Å². The van der Waals surface area contributed by atoms with E-state index in [0.29, 0.717) is 18.2 Å². The molecular weight excluding hydrogens is 393 g/mol. The van der Waals surface area contributed by atoms with Gasteiger partial charge in [-0.15, -0.1) is 0 Å². The quantitative estimate of drug-likeness (QED) is 0.758. The summed E-state index contributed by atoms with van der Waals surface area (Å²) in [6.45, 7) is 9.85. The molecule has 0 spiro atoms. The number of nitrogens with one attached hydrogen (secondary N) is 1. The van der Waals surface area contributed by atoms with E-state index in [0.717, 1.165) is 64.7 Å². The van der Waals surface area contributed by atoms with Crippen LogP contribution >= 0.6 is 0 Å². The molecule has 1 aromatic rings. The highest BCUT2D eigenvalue weighted by Crippen LogP contribution is 2.32. The van der Waals surface area contributed by atoms with Crippen LogP contribution in [0.15, 0.2) is 24.3 Å². The maximum atomic E-state index is 13.0. The van der Waals surface area contributed by atoms with Crippen LogP contribution in [0.5, 0.6) is 0 Å². The van der Waals surface area contributed by atoms with Crippen molar-refractivity contribution in [3.8, 4) is 0 Å². The first-order valence-corrected chi connectivity index (χ1v) is 10.9. The predicted octanol–water partition coefficient (Wildman–Crippen LogP) is 3.21. The summed E-state index contributed by atoms with van der Waals surface area (Å²) in [5.41, 5.74) is 0.0535. The lowest BCUT2D eigenvalue weighted by atomic mass is 10.0. The van der Waals surface area contributed by atoms with E-state index in [1.165, 1.54) is 12.1 Å². The van der Waals surface area contributed by atoms with Crippen LogP contribution in [-0.4, -0.2) is 73.6 Å². The highest BCUT2D eigenvalue weighted by Gasteiger charge is 2.32. The fourth-order valence-corrected chi connectivity index (χ4v) is 4.41. The molecule has 2 aliphatic heterocycles. The van der Waals surface area contributed by atoms with Gasteiger partial charge >= 0.3 is 6.18 Å². The third-order valence-electron chi connectivity index (χ3n) is 5.95. The Bertz CT molecular complexity index is 702. The minimum atomic E-state index is -4.31. The monoisotopic (exact) mass is 426 g/mol. The second-order valence-corrected chi connectivity index (χ2v) is 8.64. The Balaban J connectivity index is 1.48. The Hall–Kier alpha value is -1.80. The molecule has 0 saturated carbocycles. The first kappa shape index (κ1) is 22.9. The molecule has 2 aliphatic rings. The zero-order valence-corrected chi connectivity index (χ0v) is 17.9. The molecule has 2 fully saturated rings. The molecule has 0 aromatic heterocycles. The summed E-state index contributed by atoms with van der Waals surface area (Å²) < 4.78 is 39.0. The van der Waals surface area contributed by atoms with E-state index in [9.17, 15) is 18.0 Å². The molecule has 8 heteroatoms. The van der Waals surface area contributed by atoms with Crippen molar-refractivity contribution in [1.82, 2.24) is 15.1 Å². The lowest BCUT2D eigenvalue weighted by Crippen LogP contribution is -2.55. The topological polar surface area (TPSA) is 38.8 Å². The van der Waals surface area contributed by atoms with Gasteiger partial charge in [0, 0.05) is 63.5 Å². The molecule has 1 amide bonds. The highest BCUT2D eigenvalue weighted by molar-refractivity contribution is 5.76. The second kappa shape index (κ2) is 10.0. The zero-order chi connectivity index (χ0) is 21.7. The molecule has 0 aliphatic carbocycles. The SMILES string of the molecule is CC(C)NC(=O)CCN1CCC[C@@H](N2CCN(c3cccc(C(F)(F)F)c3)CC2)C1. The van der Waals surface area contributed by atoms with Gasteiger partial charge in [-0.25, -0.2) is 0 Å². The van der Waals surface area contributed by atoms with Gasteiger partial charge in [-0.1, -0.05) is 6.07 Å². The molecule has 1 aromatic carbocycles. The molecule has 1 atom stereocenters. The number of hydrogen-bond donors (Lipinski definition) is 1. The smallest absolute Gasteiger partial charge is 0.369 e. The minimum Gasteiger partial charge on any atom is -0.369 e. The van der Waals surface area contributed by atoms with E-state index in [1.54, 1.807) is 6.07 Å². The van der Waals surface area contributed by atoms with Gasteiger partial charge in [-0.3, -0.25) is 9.69 Å². The van der Waals surface area contributed by atoms with E-state index in [2.05, 4.69) is 15.1 Å². The molecule has 5 nitrogen and oxygen atoms in total. The normalized spacial score (nSPS) is 21.8. The summed E-state index contributed by atoms with van der Waals surface area (Å²) in [6.07, 6.45) is -1.54. The van der Waals surface area contributed by atoms with Crippen LogP contribution in [0, 0.1) is 0 Å². The second-order valence-electron chi connectivity index (χ2n) is 8.64. The van der Waals surface area contributed by atoms with Crippen molar-refractivity contribution in [2.75, 3.05) is 50.7 Å². The van der Waals surface area contributed by atoms with Gasteiger partial charge < -0.3 is 15.1 Å². The molecule has 2 heterocycles. The van der Waals surface area contributed by atoms with Crippen LogP contribution in [0.2, 0.25) is 0 Å². The number of amides is 1. The summed E-state index contributed by atoms with van der Waals surface area (Å²) in [4.78, 5) is 18.8. The lowest BCUT2D eigenvalue weighted by molar-refractivity contribution is -0.137. The largest absolute Gasteiger partial charge is 0.416 e. The van der Waals surface area contributed by atoms with Crippen molar-refractivity contribution in [1.29, 1.82) is 0 Å². The number of likely N-dealkylation sites (tertiary alicyclic amines) is 1. The molecule has 3 rings (SSSR count). The number of anilines is 1. The number of halogens is 3. The zero-order valence-electron chi connectivity index (χ0n) is 17.9. The molecule has 0 unspecified atom stereocenters. The third kappa shape index (κ3) is 6.35. The average molecular weight is 427 g/mol. The Morgan fingerprint density at radius 2 is 1.90 bits per heavy atom. The molecule has 0 bridgehead atoms. The van der Waals surface area contributed by atoms with Gasteiger partial charge in [-0.05, 0) is 51.4 Å². The van der Waals surface area contributed by atoms with E-state index in [-0.39, 0.29) is 11.9 Å². The van der Waals surface area contributed by atoms with Gasteiger partial charge in [0.15, 0.2) is 0 Å². The summed E-state index contributed by atoms with van der Waals surface area (Å²) in [5.74, 6) is 0.0989. The molecule has 168 valence electrons. The van der Waals surface area contributed by atoms with Crippen molar-refractivity contribution in [2.45, 2.75) is 51.4 Å².